The number of piperidine rings is 1. The van der Waals surface area contributed by atoms with Crippen LogP contribution in [0.2, 0.25) is 0 Å². The Balaban J connectivity index is 2.31. The molecule has 0 aromatic carbocycles. The van der Waals surface area contributed by atoms with E-state index in [0.29, 0.717) is 10.8 Å². The Labute approximate surface area is 121 Å². The lowest BCUT2D eigenvalue weighted by atomic mass is 9.75. The van der Waals surface area contributed by atoms with Gasteiger partial charge in [0.05, 0.1) is 0 Å². The van der Waals surface area contributed by atoms with E-state index >= 15 is 0 Å². The normalized spacial score (nSPS) is 19.9. The molecule has 0 bridgehead atoms. The van der Waals surface area contributed by atoms with Gasteiger partial charge in [0.2, 0.25) is 0 Å². The van der Waals surface area contributed by atoms with E-state index in [1.54, 1.807) is 0 Å². The predicted molar refractivity (Wildman–Crippen MR) is 85.6 cm³/mol. The van der Waals surface area contributed by atoms with E-state index in [9.17, 15) is 0 Å². The van der Waals surface area contributed by atoms with Crippen LogP contribution in [0, 0.1) is 16.7 Å². The summed E-state index contributed by atoms with van der Waals surface area (Å²) >= 11 is 0. The monoisotopic (exact) mass is 268 g/mol. The van der Waals surface area contributed by atoms with Crippen LogP contribution in [0.25, 0.3) is 0 Å². The van der Waals surface area contributed by atoms with Gasteiger partial charge < -0.3 is 10.2 Å². The van der Waals surface area contributed by atoms with Crippen molar-refractivity contribution in [2.45, 2.75) is 60.8 Å². The van der Waals surface area contributed by atoms with Crippen LogP contribution in [0.1, 0.15) is 60.8 Å². The molecule has 0 radical (unpaired) electrons. The molecule has 0 aliphatic carbocycles. The number of nitrogens with one attached hydrogen (secondary N) is 1. The maximum absolute atomic E-state index is 3.57. The van der Waals surface area contributed by atoms with Crippen molar-refractivity contribution in [3.63, 3.8) is 0 Å². The molecule has 0 aromatic rings. The Morgan fingerprint density at radius 3 is 2.11 bits per heavy atom. The fourth-order valence-corrected chi connectivity index (χ4v) is 3.22. The Bertz CT molecular complexity index is 244. The average molecular weight is 268 g/mol. The van der Waals surface area contributed by atoms with E-state index in [2.05, 4.69) is 51.8 Å². The Kier molecular flexibility index (Phi) is 6.32. The summed E-state index contributed by atoms with van der Waals surface area (Å²) in [5, 5.41) is 3.57. The average Bonchev–Trinajstić information content (AvgIpc) is 2.28. The first-order valence-corrected chi connectivity index (χ1v) is 8.18. The molecule has 2 nitrogen and oxygen atoms in total. The van der Waals surface area contributed by atoms with Gasteiger partial charge in [-0.1, -0.05) is 41.5 Å². The summed E-state index contributed by atoms with van der Waals surface area (Å²) in [4.78, 5) is 2.68. The largest absolute Gasteiger partial charge is 0.316 e. The molecule has 1 rings (SSSR count). The second-order valence-corrected chi connectivity index (χ2v) is 8.26. The van der Waals surface area contributed by atoms with Crippen molar-refractivity contribution in [2.75, 3.05) is 32.7 Å². The lowest BCUT2D eigenvalue weighted by Crippen LogP contribution is -2.45. The number of nitrogens with zero attached hydrogens (tertiary/aromatic N) is 1. The highest BCUT2D eigenvalue weighted by Gasteiger charge is 2.30. The van der Waals surface area contributed by atoms with Crippen LogP contribution in [0.4, 0.5) is 0 Å². The fourth-order valence-electron chi connectivity index (χ4n) is 3.22. The van der Waals surface area contributed by atoms with Crippen molar-refractivity contribution in [1.29, 1.82) is 0 Å². The van der Waals surface area contributed by atoms with Crippen LogP contribution < -0.4 is 5.32 Å². The van der Waals surface area contributed by atoms with Gasteiger partial charge in [0.1, 0.15) is 0 Å². The van der Waals surface area contributed by atoms with Crippen molar-refractivity contribution in [3.05, 3.63) is 0 Å². The number of rotatable bonds is 6. The maximum Gasteiger partial charge on any atom is 0.00448 e. The summed E-state index contributed by atoms with van der Waals surface area (Å²) in [6.45, 7) is 20.3. The van der Waals surface area contributed by atoms with Crippen LogP contribution in [0.15, 0.2) is 0 Å². The van der Waals surface area contributed by atoms with Crippen molar-refractivity contribution in [1.82, 2.24) is 10.2 Å². The topological polar surface area (TPSA) is 15.3 Å². The van der Waals surface area contributed by atoms with E-state index in [4.69, 9.17) is 0 Å². The zero-order valence-corrected chi connectivity index (χ0v) is 14.2. The number of hydrogen-bond acceptors (Lipinski definition) is 2. The molecule has 1 N–H and O–H groups in total. The molecule has 0 atom stereocenters. The van der Waals surface area contributed by atoms with Gasteiger partial charge in [0.25, 0.3) is 0 Å². The zero-order chi connectivity index (χ0) is 14.5. The molecule has 1 heterocycles. The van der Waals surface area contributed by atoms with Crippen LogP contribution >= 0.6 is 0 Å². The van der Waals surface area contributed by atoms with Gasteiger partial charge >= 0.3 is 0 Å². The number of hydrogen-bond donors (Lipinski definition) is 1. The van der Waals surface area contributed by atoms with Gasteiger partial charge in [-0.25, -0.2) is 0 Å². The molecule has 1 saturated heterocycles. The van der Waals surface area contributed by atoms with Crippen LogP contribution in [0.3, 0.4) is 0 Å². The molecular weight excluding hydrogens is 232 g/mol. The van der Waals surface area contributed by atoms with Gasteiger partial charge in [-0.2, -0.15) is 0 Å². The molecule has 1 fully saturated rings. The van der Waals surface area contributed by atoms with E-state index in [1.165, 1.54) is 38.9 Å². The van der Waals surface area contributed by atoms with Crippen molar-refractivity contribution < 1.29 is 0 Å². The van der Waals surface area contributed by atoms with Crippen LogP contribution in [-0.2, 0) is 0 Å². The molecular formula is C17H36N2. The van der Waals surface area contributed by atoms with Crippen molar-refractivity contribution in [2.24, 2.45) is 16.7 Å². The number of likely N-dealkylation sites (tertiary alicyclic amines) is 1. The standard InChI is InChI=1S/C17H36N2/c1-7-10-18-13-17(5,6)14-19-11-8-15(9-12-19)16(2,3)4/h15,18H,7-14H2,1-6H3. The highest BCUT2D eigenvalue weighted by atomic mass is 15.1. The molecule has 1 aliphatic heterocycles. The first-order valence-electron chi connectivity index (χ1n) is 8.18. The lowest BCUT2D eigenvalue weighted by Gasteiger charge is -2.41. The van der Waals surface area contributed by atoms with Gasteiger partial charge in [0, 0.05) is 13.1 Å². The third-order valence-corrected chi connectivity index (χ3v) is 4.49. The summed E-state index contributed by atoms with van der Waals surface area (Å²) in [5.41, 5.74) is 0.883. The zero-order valence-electron chi connectivity index (χ0n) is 14.2. The van der Waals surface area contributed by atoms with Crippen molar-refractivity contribution >= 4 is 0 Å². The Morgan fingerprint density at radius 1 is 1.05 bits per heavy atom. The van der Waals surface area contributed by atoms with Gasteiger partial charge in [-0.3, -0.25) is 0 Å². The molecule has 0 spiro atoms. The highest BCUT2D eigenvalue weighted by molar-refractivity contribution is 4.83. The van der Waals surface area contributed by atoms with Crippen LogP contribution in [0.5, 0.6) is 0 Å². The summed E-state index contributed by atoms with van der Waals surface area (Å²) < 4.78 is 0. The maximum atomic E-state index is 3.57. The molecule has 0 amide bonds. The Hall–Kier alpha value is -0.0800. The SMILES string of the molecule is CCCNCC(C)(C)CN1CCC(C(C)(C)C)CC1. The van der Waals surface area contributed by atoms with Crippen LogP contribution in [-0.4, -0.2) is 37.6 Å². The molecule has 1 aliphatic rings. The molecule has 0 unspecified atom stereocenters. The van der Waals surface area contributed by atoms with Gasteiger partial charge in [-0.05, 0) is 55.6 Å². The van der Waals surface area contributed by atoms with E-state index in [0.717, 1.165) is 19.0 Å². The summed E-state index contributed by atoms with van der Waals surface area (Å²) in [6, 6.07) is 0. The quantitative estimate of drug-likeness (QED) is 0.738. The fraction of sp³-hybridized carbons (Fsp3) is 1.00. The second-order valence-electron chi connectivity index (χ2n) is 8.26. The minimum atomic E-state index is 0.393. The first-order chi connectivity index (χ1) is 8.74. The molecule has 0 aromatic heterocycles. The molecule has 114 valence electrons. The lowest BCUT2D eigenvalue weighted by molar-refractivity contribution is 0.0842. The minimum Gasteiger partial charge on any atom is -0.316 e. The van der Waals surface area contributed by atoms with Gasteiger partial charge in [-0.15, -0.1) is 0 Å². The third kappa shape index (κ3) is 6.27. The summed E-state index contributed by atoms with van der Waals surface area (Å²) in [7, 11) is 0. The van der Waals surface area contributed by atoms with Crippen molar-refractivity contribution in [3.8, 4) is 0 Å². The molecule has 0 saturated carbocycles. The van der Waals surface area contributed by atoms with Gasteiger partial charge in [0.15, 0.2) is 0 Å². The second kappa shape index (κ2) is 7.08. The predicted octanol–water partition coefficient (Wildman–Crippen LogP) is 3.77. The van der Waals surface area contributed by atoms with E-state index < -0.39 is 0 Å². The minimum absolute atomic E-state index is 0.393. The third-order valence-electron chi connectivity index (χ3n) is 4.49. The van der Waals surface area contributed by atoms with E-state index in [1.807, 2.05) is 0 Å². The molecule has 19 heavy (non-hydrogen) atoms. The smallest absolute Gasteiger partial charge is 0.00448 e. The first kappa shape index (κ1) is 17.0. The molecule has 2 heteroatoms. The highest BCUT2D eigenvalue weighted by Crippen LogP contribution is 2.34. The Morgan fingerprint density at radius 2 is 1.63 bits per heavy atom. The summed E-state index contributed by atoms with van der Waals surface area (Å²) in [6.07, 6.45) is 3.98. The van der Waals surface area contributed by atoms with E-state index in [-0.39, 0.29) is 0 Å². The summed E-state index contributed by atoms with van der Waals surface area (Å²) in [5.74, 6) is 0.907.